The van der Waals surface area contributed by atoms with Gasteiger partial charge in [-0.15, -0.1) is 0 Å². The van der Waals surface area contributed by atoms with Crippen molar-refractivity contribution >= 4 is 34.8 Å². The molecule has 0 fully saturated rings. The first kappa shape index (κ1) is 32.1. The SMILES string of the molecule is O=C(Nc1cc(C(F)(F)F)ccc1Cl)C(F)(F)C(F)(F)C(F)(F)C(F)(F)C(F)(F)C(F)(F)C(F)(F)Cl. The van der Waals surface area contributed by atoms with Crippen molar-refractivity contribution in [2.45, 2.75) is 47.1 Å². The zero-order valence-electron chi connectivity index (χ0n) is 15.8. The molecule has 2 nitrogen and oxygen atoms in total. The minimum absolute atomic E-state index is 0.133. The second-order valence-electron chi connectivity index (χ2n) is 6.59. The van der Waals surface area contributed by atoms with Crippen LogP contribution in [-0.4, -0.2) is 46.8 Å². The summed E-state index contributed by atoms with van der Waals surface area (Å²) in [6.45, 7) is 0. The maximum atomic E-state index is 13.8. The van der Waals surface area contributed by atoms with E-state index in [2.05, 4.69) is 11.6 Å². The molecule has 1 rings (SSSR count). The number of nitrogens with one attached hydrogen (secondary N) is 1. The Bertz CT molecular complexity index is 999. The Labute approximate surface area is 196 Å². The molecule has 21 heteroatoms. The normalized spacial score (nSPS) is 15.2. The van der Waals surface area contributed by atoms with E-state index >= 15 is 0 Å². The molecule has 0 aromatic heterocycles. The molecule has 0 radical (unpaired) electrons. The summed E-state index contributed by atoms with van der Waals surface area (Å²) < 4.78 is 225. The average molecular weight is 608 g/mol. The lowest BCUT2D eigenvalue weighted by Gasteiger charge is -2.41. The number of hydrogen-bond donors (Lipinski definition) is 1. The van der Waals surface area contributed by atoms with Crippen LogP contribution in [0.15, 0.2) is 18.2 Å². The lowest BCUT2D eigenvalue weighted by molar-refractivity contribution is -0.431. The molecular weight excluding hydrogens is 604 g/mol. The van der Waals surface area contributed by atoms with Crippen molar-refractivity contribution in [3.05, 3.63) is 28.8 Å². The highest BCUT2D eigenvalue weighted by Gasteiger charge is 2.93. The van der Waals surface area contributed by atoms with Gasteiger partial charge >= 0.3 is 53.0 Å². The topological polar surface area (TPSA) is 29.1 Å². The number of halogens is 19. The van der Waals surface area contributed by atoms with Gasteiger partial charge in [0.25, 0.3) is 0 Å². The molecule has 0 aliphatic heterocycles. The van der Waals surface area contributed by atoms with Crippen molar-refractivity contribution in [1.29, 1.82) is 0 Å². The van der Waals surface area contributed by atoms with E-state index in [1.807, 2.05) is 0 Å². The van der Waals surface area contributed by atoms with Gasteiger partial charge in [-0.1, -0.05) is 11.6 Å². The molecule has 1 N–H and O–H groups in total. The Kier molecular flexibility index (Phi) is 7.88. The van der Waals surface area contributed by atoms with Crippen LogP contribution in [0.2, 0.25) is 5.02 Å². The molecule has 0 saturated heterocycles. The first-order chi connectivity index (χ1) is 15.5. The number of carbonyl (C=O) groups excluding carboxylic acids is 1. The lowest BCUT2D eigenvalue weighted by atomic mass is 9.91. The van der Waals surface area contributed by atoms with Gasteiger partial charge in [0.15, 0.2) is 0 Å². The van der Waals surface area contributed by atoms with Crippen molar-refractivity contribution in [2.24, 2.45) is 0 Å². The fraction of sp³-hybridized carbons (Fsp3) is 0.533. The predicted octanol–water partition coefficient (Wildman–Crippen LogP) is 7.94. The molecule has 1 aromatic rings. The summed E-state index contributed by atoms with van der Waals surface area (Å²) in [6.07, 6.45) is -5.31. The summed E-state index contributed by atoms with van der Waals surface area (Å²) in [4.78, 5) is 11.4. The van der Waals surface area contributed by atoms with Crippen LogP contribution in [0.1, 0.15) is 5.56 Å². The standard InChI is InChI=1S/C15H4Cl2F17NO/c16-5-2-1-4(9(20,21)22)3-6(5)35-7(36)8(18,19)10(23,24)11(25,26)12(27,28)13(29,30)14(31,32)15(17,33)34/h1-3H,(H,35,36). The summed E-state index contributed by atoms with van der Waals surface area (Å²) in [7, 11) is 0. The van der Waals surface area contributed by atoms with E-state index in [9.17, 15) is 79.4 Å². The summed E-state index contributed by atoms with van der Waals surface area (Å²) in [6, 6.07) is 0.000805. The third kappa shape index (κ3) is 4.71. The molecule has 0 aliphatic rings. The zero-order chi connectivity index (χ0) is 29.1. The van der Waals surface area contributed by atoms with Gasteiger partial charge in [0.05, 0.1) is 16.3 Å². The van der Waals surface area contributed by atoms with Crippen molar-refractivity contribution in [1.82, 2.24) is 0 Å². The van der Waals surface area contributed by atoms with Gasteiger partial charge < -0.3 is 5.32 Å². The van der Waals surface area contributed by atoms with E-state index in [1.54, 1.807) is 0 Å². The highest BCUT2D eigenvalue weighted by Crippen LogP contribution is 2.62. The molecule has 0 spiro atoms. The molecule has 0 atom stereocenters. The van der Waals surface area contributed by atoms with Gasteiger partial charge in [0.1, 0.15) is 0 Å². The van der Waals surface area contributed by atoms with Crippen molar-refractivity contribution < 1.29 is 79.4 Å². The maximum Gasteiger partial charge on any atom is 0.416 e. The first-order valence-electron chi connectivity index (χ1n) is 8.03. The number of benzene rings is 1. The van der Waals surface area contributed by atoms with Crippen molar-refractivity contribution in [3.8, 4) is 0 Å². The third-order valence-electron chi connectivity index (χ3n) is 4.15. The van der Waals surface area contributed by atoms with Crippen LogP contribution in [0.4, 0.5) is 80.3 Å². The number of anilines is 1. The molecular formula is C15H4Cl2F17NO. The largest absolute Gasteiger partial charge is 0.416 e. The quantitative estimate of drug-likeness (QED) is 0.236. The maximum absolute atomic E-state index is 13.8. The van der Waals surface area contributed by atoms with Crippen LogP contribution in [0.25, 0.3) is 0 Å². The van der Waals surface area contributed by atoms with Gasteiger partial charge in [0.2, 0.25) is 0 Å². The summed E-state index contributed by atoms with van der Waals surface area (Å²) in [5.74, 6) is -52.2. The Hall–Kier alpha value is -1.92. The summed E-state index contributed by atoms with van der Waals surface area (Å²) in [5.41, 5.74) is -3.49. The Morgan fingerprint density at radius 2 is 1.03 bits per heavy atom. The molecule has 0 heterocycles. The smallest absolute Gasteiger partial charge is 0.319 e. The first-order valence-corrected chi connectivity index (χ1v) is 8.79. The van der Waals surface area contributed by atoms with Crippen LogP contribution in [0, 0.1) is 0 Å². The Balaban J connectivity index is 3.56. The predicted molar refractivity (Wildman–Crippen MR) is 85.6 cm³/mol. The van der Waals surface area contributed by atoms with Gasteiger partial charge in [-0.3, -0.25) is 4.79 Å². The van der Waals surface area contributed by atoms with E-state index in [-0.39, 0.29) is 18.2 Å². The van der Waals surface area contributed by atoms with E-state index < -0.39 is 69.3 Å². The fourth-order valence-electron chi connectivity index (χ4n) is 2.11. The monoisotopic (exact) mass is 607 g/mol. The minimum Gasteiger partial charge on any atom is -0.319 e. The van der Waals surface area contributed by atoms with Crippen molar-refractivity contribution in [2.75, 3.05) is 5.32 Å². The van der Waals surface area contributed by atoms with Gasteiger partial charge in [0, 0.05) is 0 Å². The molecule has 0 bridgehead atoms. The second-order valence-corrected chi connectivity index (χ2v) is 7.47. The number of carbonyl (C=O) groups is 1. The molecule has 208 valence electrons. The van der Waals surface area contributed by atoms with Crippen molar-refractivity contribution in [3.63, 3.8) is 0 Å². The van der Waals surface area contributed by atoms with Crippen LogP contribution in [-0.2, 0) is 11.0 Å². The molecule has 0 aliphatic carbocycles. The van der Waals surface area contributed by atoms with E-state index in [0.29, 0.717) is 5.32 Å². The lowest BCUT2D eigenvalue weighted by Crippen LogP contribution is -2.73. The molecule has 0 unspecified atom stereocenters. The third-order valence-corrected chi connectivity index (χ3v) is 4.72. The Morgan fingerprint density at radius 3 is 1.42 bits per heavy atom. The van der Waals surface area contributed by atoms with Gasteiger partial charge in [-0.05, 0) is 29.8 Å². The van der Waals surface area contributed by atoms with Gasteiger partial charge in [-0.25, -0.2) is 0 Å². The number of amides is 1. The molecule has 1 aromatic carbocycles. The van der Waals surface area contributed by atoms with E-state index in [1.165, 1.54) is 0 Å². The molecule has 1 amide bonds. The van der Waals surface area contributed by atoms with Crippen LogP contribution < -0.4 is 5.32 Å². The number of alkyl halides is 18. The molecule has 36 heavy (non-hydrogen) atoms. The summed E-state index contributed by atoms with van der Waals surface area (Å²) >= 11 is 8.66. The Morgan fingerprint density at radius 1 is 0.639 bits per heavy atom. The van der Waals surface area contributed by atoms with Crippen LogP contribution in [0.3, 0.4) is 0 Å². The fourth-order valence-corrected chi connectivity index (χ4v) is 2.39. The highest BCUT2D eigenvalue weighted by atomic mass is 35.5. The highest BCUT2D eigenvalue weighted by molar-refractivity contribution is 6.33. The van der Waals surface area contributed by atoms with E-state index in [0.717, 1.165) is 0 Å². The molecule has 0 saturated carbocycles. The number of rotatable bonds is 8. The van der Waals surface area contributed by atoms with Crippen LogP contribution >= 0.6 is 23.2 Å². The summed E-state index contributed by atoms with van der Waals surface area (Å²) in [5, 5.41) is -7.56. The number of hydrogen-bond acceptors (Lipinski definition) is 1. The zero-order valence-corrected chi connectivity index (χ0v) is 17.3. The second kappa shape index (κ2) is 8.83. The van der Waals surface area contributed by atoms with Gasteiger partial charge in [-0.2, -0.15) is 74.6 Å². The van der Waals surface area contributed by atoms with E-state index in [4.69, 9.17) is 11.6 Å². The van der Waals surface area contributed by atoms with Crippen LogP contribution in [0.5, 0.6) is 0 Å². The average Bonchev–Trinajstić information content (AvgIpc) is 2.66. The minimum atomic E-state index is -8.47.